The lowest BCUT2D eigenvalue weighted by Gasteiger charge is -2.34. The van der Waals surface area contributed by atoms with Gasteiger partial charge in [-0.2, -0.15) is 0 Å². The third-order valence-electron chi connectivity index (χ3n) is 4.37. The largest absolute Gasteiger partial charge is 0.392 e. The number of aliphatic hydroxyl groups excluding tert-OH is 1. The number of hydrogen-bond donors (Lipinski definition) is 2. The maximum Gasteiger partial charge on any atom is 0.101 e. The number of aromatic nitrogens is 2. The summed E-state index contributed by atoms with van der Waals surface area (Å²) in [5.41, 5.74) is 9.04. The second-order valence-corrected chi connectivity index (χ2v) is 5.83. The number of hydrogen-bond acceptors (Lipinski definition) is 4. The van der Waals surface area contributed by atoms with Crippen molar-refractivity contribution in [3.63, 3.8) is 0 Å². The van der Waals surface area contributed by atoms with Gasteiger partial charge in [-0.1, -0.05) is 31.7 Å². The standard InChI is InChI=1S/C18H26N4O/c1-5-14-9-13(11-23)7-8-16(14)22(4)18(19)10-17-15(6-2)20-12-21(17)3/h6-10,12,14,16,23H,2,5,11,19H2,1,3-4H3/b18-10+/t14?,16-/m1/s1. The molecule has 0 aliphatic heterocycles. The van der Waals surface area contributed by atoms with Crippen molar-refractivity contribution < 1.29 is 5.11 Å². The Bertz CT molecular complexity index is 654. The molecule has 2 atom stereocenters. The molecule has 0 bridgehead atoms. The lowest BCUT2D eigenvalue weighted by atomic mass is 9.88. The maximum absolute atomic E-state index is 9.31. The SMILES string of the molecule is C=Cc1ncn(C)c1/C=C(\N)N(C)[C@@H]1C=CC(CO)=CC1CC. The van der Waals surface area contributed by atoms with E-state index < -0.39 is 0 Å². The summed E-state index contributed by atoms with van der Waals surface area (Å²) in [6.45, 7) is 6.01. The predicted molar refractivity (Wildman–Crippen MR) is 95.1 cm³/mol. The number of nitrogens with two attached hydrogens (primary N) is 1. The van der Waals surface area contributed by atoms with Crippen molar-refractivity contribution in [2.45, 2.75) is 19.4 Å². The first kappa shape index (κ1) is 17.1. The molecule has 0 radical (unpaired) electrons. The molecule has 0 saturated carbocycles. The molecule has 2 rings (SSSR count). The van der Waals surface area contributed by atoms with Gasteiger partial charge in [-0.3, -0.25) is 0 Å². The molecular weight excluding hydrogens is 288 g/mol. The number of likely N-dealkylation sites (N-methyl/N-ethyl adjacent to an activating group) is 1. The Balaban J connectivity index is 2.25. The smallest absolute Gasteiger partial charge is 0.101 e. The van der Waals surface area contributed by atoms with Gasteiger partial charge in [0.2, 0.25) is 0 Å². The molecule has 3 N–H and O–H groups in total. The number of aliphatic hydroxyl groups is 1. The highest BCUT2D eigenvalue weighted by Gasteiger charge is 2.24. The maximum atomic E-state index is 9.31. The number of imidazole rings is 1. The van der Waals surface area contributed by atoms with Gasteiger partial charge < -0.3 is 20.3 Å². The molecule has 5 nitrogen and oxygen atoms in total. The van der Waals surface area contributed by atoms with E-state index in [0.29, 0.717) is 11.7 Å². The van der Waals surface area contributed by atoms with Gasteiger partial charge in [-0.05, 0) is 18.1 Å². The Morgan fingerprint density at radius 1 is 1.57 bits per heavy atom. The zero-order chi connectivity index (χ0) is 17.0. The van der Waals surface area contributed by atoms with Crippen LogP contribution in [-0.4, -0.2) is 39.3 Å². The Morgan fingerprint density at radius 3 is 2.91 bits per heavy atom. The summed E-state index contributed by atoms with van der Waals surface area (Å²) in [7, 11) is 3.93. The summed E-state index contributed by atoms with van der Waals surface area (Å²) in [6, 6.07) is 0.173. The average molecular weight is 314 g/mol. The van der Waals surface area contributed by atoms with E-state index >= 15 is 0 Å². The molecule has 1 aromatic heterocycles. The van der Waals surface area contributed by atoms with E-state index in [9.17, 15) is 5.11 Å². The van der Waals surface area contributed by atoms with E-state index in [1.165, 1.54) is 0 Å². The predicted octanol–water partition coefficient (Wildman–Crippen LogP) is 2.14. The molecule has 1 aliphatic carbocycles. The molecule has 0 fully saturated rings. The molecule has 23 heavy (non-hydrogen) atoms. The minimum absolute atomic E-state index is 0.0759. The van der Waals surface area contributed by atoms with Crippen LogP contribution >= 0.6 is 0 Å². The zero-order valence-electron chi connectivity index (χ0n) is 14.1. The van der Waals surface area contributed by atoms with Crippen LogP contribution in [0.5, 0.6) is 0 Å². The van der Waals surface area contributed by atoms with Gasteiger partial charge in [0.1, 0.15) is 5.82 Å². The van der Waals surface area contributed by atoms with Crippen LogP contribution in [0.3, 0.4) is 0 Å². The summed E-state index contributed by atoms with van der Waals surface area (Å²) in [5.74, 6) is 0.996. The van der Waals surface area contributed by atoms with Crippen molar-refractivity contribution in [1.82, 2.24) is 14.5 Å². The van der Waals surface area contributed by atoms with E-state index in [1.54, 1.807) is 12.4 Å². The molecule has 0 aromatic carbocycles. The third kappa shape index (κ3) is 3.56. The van der Waals surface area contributed by atoms with E-state index in [1.807, 2.05) is 30.8 Å². The highest BCUT2D eigenvalue weighted by atomic mass is 16.3. The second-order valence-electron chi connectivity index (χ2n) is 5.83. The van der Waals surface area contributed by atoms with Crippen LogP contribution in [0.4, 0.5) is 0 Å². The van der Waals surface area contributed by atoms with Gasteiger partial charge in [-0.25, -0.2) is 4.98 Å². The first-order valence-electron chi connectivity index (χ1n) is 7.85. The van der Waals surface area contributed by atoms with E-state index in [-0.39, 0.29) is 12.6 Å². The van der Waals surface area contributed by atoms with Crippen molar-refractivity contribution in [3.8, 4) is 0 Å². The van der Waals surface area contributed by atoms with Crippen LogP contribution in [0.2, 0.25) is 0 Å². The first-order chi connectivity index (χ1) is 11.0. The highest BCUT2D eigenvalue weighted by molar-refractivity contribution is 5.60. The fourth-order valence-electron chi connectivity index (χ4n) is 2.88. The molecule has 0 amide bonds. The van der Waals surface area contributed by atoms with E-state index in [4.69, 9.17) is 5.73 Å². The zero-order valence-corrected chi connectivity index (χ0v) is 14.1. The van der Waals surface area contributed by atoms with Crippen molar-refractivity contribution in [1.29, 1.82) is 0 Å². The number of rotatable bonds is 6. The van der Waals surface area contributed by atoms with Gasteiger partial charge in [0.05, 0.1) is 30.4 Å². The molecule has 0 spiro atoms. The first-order valence-corrected chi connectivity index (χ1v) is 7.85. The molecule has 124 valence electrons. The minimum Gasteiger partial charge on any atom is -0.392 e. The summed E-state index contributed by atoms with van der Waals surface area (Å²) in [6.07, 6.45) is 12.6. The summed E-state index contributed by atoms with van der Waals surface area (Å²) >= 11 is 0. The fourth-order valence-corrected chi connectivity index (χ4v) is 2.88. The molecule has 1 aliphatic rings. The van der Waals surface area contributed by atoms with Crippen LogP contribution in [-0.2, 0) is 7.05 Å². The van der Waals surface area contributed by atoms with Gasteiger partial charge in [0.25, 0.3) is 0 Å². The summed E-state index contributed by atoms with van der Waals surface area (Å²) in [4.78, 5) is 6.35. The quantitative estimate of drug-likeness (QED) is 0.844. The van der Waals surface area contributed by atoms with Crippen LogP contribution in [0.15, 0.2) is 42.5 Å². The van der Waals surface area contributed by atoms with Crippen LogP contribution in [0.25, 0.3) is 12.2 Å². The number of aryl methyl sites for hydroxylation is 1. The Hall–Kier alpha value is -2.27. The highest BCUT2D eigenvalue weighted by Crippen LogP contribution is 2.25. The summed E-state index contributed by atoms with van der Waals surface area (Å²) in [5, 5.41) is 9.31. The molecule has 1 aromatic rings. The molecule has 5 heteroatoms. The normalized spacial score (nSPS) is 21.2. The lowest BCUT2D eigenvalue weighted by Crippen LogP contribution is -2.39. The Kier molecular flexibility index (Phi) is 5.45. The molecule has 1 unspecified atom stereocenters. The molecular formula is C18H26N4O. The van der Waals surface area contributed by atoms with Gasteiger partial charge >= 0.3 is 0 Å². The van der Waals surface area contributed by atoms with Crippen molar-refractivity contribution in [2.24, 2.45) is 18.7 Å². The summed E-state index contributed by atoms with van der Waals surface area (Å²) < 4.78 is 1.93. The van der Waals surface area contributed by atoms with Crippen LogP contribution < -0.4 is 5.73 Å². The fraction of sp³-hybridized carbons (Fsp3) is 0.389. The lowest BCUT2D eigenvalue weighted by molar-refractivity contribution is 0.280. The number of nitrogens with zero attached hydrogens (tertiary/aromatic N) is 3. The van der Waals surface area contributed by atoms with Gasteiger partial charge in [-0.15, -0.1) is 0 Å². The third-order valence-corrected chi connectivity index (χ3v) is 4.37. The molecule has 1 heterocycles. The van der Waals surface area contributed by atoms with E-state index in [0.717, 1.165) is 23.4 Å². The Morgan fingerprint density at radius 2 is 2.30 bits per heavy atom. The Labute approximate surface area is 138 Å². The van der Waals surface area contributed by atoms with Crippen molar-refractivity contribution >= 4 is 12.2 Å². The van der Waals surface area contributed by atoms with Crippen molar-refractivity contribution in [2.75, 3.05) is 13.7 Å². The van der Waals surface area contributed by atoms with Gasteiger partial charge in [0.15, 0.2) is 0 Å². The second kappa shape index (κ2) is 7.33. The molecule has 0 saturated heterocycles. The monoisotopic (exact) mass is 314 g/mol. The van der Waals surface area contributed by atoms with Crippen molar-refractivity contribution in [3.05, 3.63) is 53.9 Å². The van der Waals surface area contributed by atoms with E-state index in [2.05, 4.69) is 35.5 Å². The topological polar surface area (TPSA) is 67.3 Å². The van der Waals surface area contributed by atoms with Crippen LogP contribution in [0, 0.1) is 5.92 Å². The average Bonchev–Trinajstić information content (AvgIpc) is 2.93. The van der Waals surface area contributed by atoms with Crippen LogP contribution in [0.1, 0.15) is 24.7 Å². The van der Waals surface area contributed by atoms with Gasteiger partial charge in [0, 0.05) is 26.1 Å². The minimum atomic E-state index is 0.0759.